The van der Waals surface area contributed by atoms with Crippen molar-refractivity contribution >= 4 is 0 Å². The Balaban J connectivity index is 3.10. The summed E-state index contributed by atoms with van der Waals surface area (Å²) in [6.45, 7) is 11.2. The second-order valence-electron chi connectivity index (χ2n) is 2.80. The molecule has 0 unspecified atom stereocenters. The molecule has 64 valence electrons. The number of nitrogens with zero attached hydrogens (tertiary/aromatic N) is 1. The fourth-order valence-electron chi connectivity index (χ4n) is 1.27. The van der Waals surface area contributed by atoms with E-state index >= 15 is 0 Å². The number of hydrogen-bond acceptors (Lipinski definition) is 1. The van der Waals surface area contributed by atoms with Crippen molar-refractivity contribution in [1.82, 2.24) is 4.90 Å². The summed E-state index contributed by atoms with van der Waals surface area (Å²) in [7, 11) is 1.86. The van der Waals surface area contributed by atoms with Crippen LogP contribution in [0.1, 0.15) is 0 Å². The molecule has 12 heavy (non-hydrogen) atoms. The van der Waals surface area contributed by atoms with Crippen LogP contribution < -0.4 is 0 Å². The molecular weight excluding hydrogens is 153 g/mol. The highest BCUT2D eigenvalue weighted by Crippen LogP contribution is 2.30. The lowest BCUT2D eigenvalue weighted by atomic mass is 10.1. The Morgan fingerprint density at radius 3 is 2.58 bits per heavy atom. The van der Waals surface area contributed by atoms with Crippen LogP contribution in [-0.4, -0.2) is 18.5 Å². The number of rotatable bonds is 2. The van der Waals surface area contributed by atoms with E-state index in [0.29, 0.717) is 12.1 Å². The van der Waals surface area contributed by atoms with Crippen LogP contribution in [0.5, 0.6) is 0 Å². The Morgan fingerprint density at radius 2 is 2.25 bits per heavy atom. The minimum atomic E-state index is -0.393. The number of allylic oxidation sites excluding steroid dienone is 1. The van der Waals surface area contributed by atoms with Gasteiger partial charge in [-0.3, -0.25) is 0 Å². The van der Waals surface area contributed by atoms with E-state index in [-0.39, 0.29) is 0 Å². The van der Waals surface area contributed by atoms with Crippen molar-refractivity contribution in [2.45, 2.75) is 0 Å². The molecule has 0 fully saturated rings. The Hall–Kier alpha value is -1.31. The summed E-state index contributed by atoms with van der Waals surface area (Å²) < 4.78 is 12.8. The topological polar surface area (TPSA) is 3.24 Å². The van der Waals surface area contributed by atoms with E-state index in [2.05, 4.69) is 19.7 Å². The van der Waals surface area contributed by atoms with Crippen molar-refractivity contribution in [2.24, 2.45) is 0 Å². The first-order chi connectivity index (χ1) is 5.57. The summed E-state index contributed by atoms with van der Waals surface area (Å²) >= 11 is 0. The average Bonchev–Trinajstić information content (AvgIpc) is 2.29. The Kier molecular flexibility index (Phi) is 2.18. The van der Waals surface area contributed by atoms with Crippen LogP contribution in [0.2, 0.25) is 0 Å². The molecular formula is C10H12FN. The Labute approximate surface area is 72.2 Å². The summed E-state index contributed by atoms with van der Waals surface area (Å²) in [5.74, 6) is -0.393. The van der Waals surface area contributed by atoms with Gasteiger partial charge in [-0.05, 0) is 0 Å². The maximum atomic E-state index is 12.8. The maximum Gasteiger partial charge on any atom is 0.121 e. The second kappa shape index (κ2) is 2.97. The first-order valence-electron chi connectivity index (χ1n) is 3.68. The Morgan fingerprint density at radius 1 is 1.67 bits per heavy atom. The van der Waals surface area contributed by atoms with Gasteiger partial charge in [0.2, 0.25) is 0 Å². The number of likely N-dealkylation sites (N-methyl/N-ethyl adjacent to an activating group) is 1. The standard InChI is InChI=1S/C10H12FN/c1-5-9-8(3)12(4)6-10(9)7(2)11/h5H,1-3,6H2,4H3. The van der Waals surface area contributed by atoms with Crippen LogP contribution in [0, 0.1) is 0 Å². The molecule has 1 nitrogen and oxygen atoms in total. The van der Waals surface area contributed by atoms with Crippen molar-refractivity contribution in [2.75, 3.05) is 13.6 Å². The van der Waals surface area contributed by atoms with E-state index in [1.54, 1.807) is 6.08 Å². The molecule has 0 N–H and O–H groups in total. The largest absolute Gasteiger partial charge is 0.370 e. The molecule has 0 radical (unpaired) electrons. The van der Waals surface area contributed by atoms with Gasteiger partial charge in [-0.1, -0.05) is 25.8 Å². The van der Waals surface area contributed by atoms with Crippen LogP contribution in [0.4, 0.5) is 4.39 Å². The van der Waals surface area contributed by atoms with Gasteiger partial charge in [0.05, 0.1) is 0 Å². The summed E-state index contributed by atoms with van der Waals surface area (Å²) in [4.78, 5) is 1.87. The quantitative estimate of drug-likeness (QED) is 0.607. The zero-order valence-corrected chi connectivity index (χ0v) is 7.23. The summed E-state index contributed by atoms with van der Waals surface area (Å²) in [5, 5.41) is 0. The lowest BCUT2D eigenvalue weighted by molar-refractivity contribution is 0.485. The van der Waals surface area contributed by atoms with Gasteiger partial charge in [-0.25, -0.2) is 4.39 Å². The smallest absolute Gasteiger partial charge is 0.121 e. The van der Waals surface area contributed by atoms with Crippen LogP contribution >= 0.6 is 0 Å². The molecule has 2 heteroatoms. The van der Waals surface area contributed by atoms with Crippen LogP contribution in [0.25, 0.3) is 0 Å². The normalized spacial score (nSPS) is 17.2. The lowest BCUT2D eigenvalue weighted by Gasteiger charge is -2.11. The molecule has 0 amide bonds. The summed E-state index contributed by atoms with van der Waals surface area (Å²) in [6.07, 6.45) is 1.62. The molecule has 0 aromatic heterocycles. The molecule has 1 aliphatic rings. The van der Waals surface area contributed by atoms with Crippen molar-refractivity contribution < 1.29 is 4.39 Å². The predicted octanol–water partition coefficient (Wildman–Crippen LogP) is 2.41. The monoisotopic (exact) mass is 165 g/mol. The van der Waals surface area contributed by atoms with Gasteiger partial charge >= 0.3 is 0 Å². The van der Waals surface area contributed by atoms with Crippen molar-refractivity contribution in [1.29, 1.82) is 0 Å². The lowest BCUT2D eigenvalue weighted by Crippen LogP contribution is -2.12. The molecule has 0 atom stereocenters. The van der Waals surface area contributed by atoms with Gasteiger partial charge in [0.1, 0.15) is 5.83 Å². The minimum Gasteiger partial charge on any atom is -0.370 e. The van der Waals surface area contributed by atoms with Crippen LogP contribution in [0.3, 0.4) is 0 Å². The van der Waals surface area contributed by atoms with E-state index in [0.717, 1.165) is 11.3 Å². The third-order valence-corrected chi connectivity index (χ3v) is 2.02. The van der Waals surface area contributed by atoms with E-state index in [1.165, 1.54) is 0 Å². The van der Waals surface area contributed by atoms with Gasteiger partial charge in [-0.15, -0.1) is 0 Å². The van der Waals surface area contributed by atoms with Crippen molar-refractivity contribution in [3.05, 3.63) is 48.5 Å². The molecule has 0 spiro atoms. The zero-order valence-electron chi connectivity index (χ0n) is 7.23. The number of halogens is 1. The van der Waals surface area contributed by atoms with E-state index in [1.807, 2.05) is 11.9 Å². The van der Waals surface area contributed by atoms with Crippen LogP contribution in [-0.2, 0) is 0 Å². The third-order valence-electron chi connectivity index (χ3n) is 2.02. The molecule has 0 saturated carbocycles. The van der Waals surface area contributed by atoms with Crippen molar-refractivity contribution in [3.8, 4) is 0 Å². The molecule has 0 aromatic carbocycles. The highest BCUT2D eigenvalue weighted by Gasteiger charge is 2.21. The summed E-state index contributed by atoms with van der Waals surface area (Å²) in [6, 6.07) is 0. The highest BCUT2D eigenvalue weighted by atomic mass is 19.1. The first kappa shape index (κ1) is 8.78. The molecule has 1 heterocycles. The highest BCUT2D eigenvalue weighted by molar-refractivity contribution is 5.51. The van der Waals surface area contributed by atoms with E-state index in [9.17, 15) is 4.39 Å². The second-order valence-corrected chi connectivity index (χ2v) is 2.80. The molecule has 1 rings (SSSR count). The van der Waals surface area contributed by atoms with Gasteiger partial charge in [-0.2, -0.15) is 0 Å². The first-order valence-corrected chi connectivity index (χ1v) is 3.68. The van der Waals surface area contributed by atoms with Crippen molar-refractivity contribution in [3.63, 3.8) is 0 Å². The van der Waals surface area contributed by atoms with Gasteiger partial charge in [0.25, 0.3) is 0 Å². The van der Waals surface area contributed by atoms with Gasteiger partial charge < -0.3 is 4.90 Å². The molecule has 1 aliphatic heterocycles. The van der Waals surface area contributed by atoms with Gasteiger partial charge in [0, 0.05) is 30.4 Å². The molecule has 0 aromatic rings. The van der Waals surface area contributed by atoms with Crippen LogP contribution in [0.15, 0.2) is 48.5 Å². The molecule has 0 saturated heterocycles. The minimum absolute atomic E-state index is 0.393. The van der Waals surface area contributed by atoms with Gasteiger partial charge in [0.15, 0.2) is 0 Å². The fourth-order valence-corrected chi connectivity index (χ4v) is 1.27. The SMILES string of the molecule is C=CC1=C(C(=C)F)CN(C)C1=C. The third kappa shape index (κ3) is 1.20. The maximum absolute atomic E-state index is 12.8. The van der Waals surface area contributed by atoms with E-state index < -0.39 is 5.83 Å². The van der Waals surface area contributed by atoms with E-state index in [4.69, 9.17) is 0 Å². The Bertz CT molecular complexity index is 286. The molecule has 0 bridgehead atoms. The number of hydrogen-bond donors (Lipinski definition) is 0. The average molecular weight is 165 g/mol. The summed E-state index contributed by atoms with van der Waals surface area (Å²) in [5.41, 5.74) is 2.17. The fraction of sp³-hybridized carbons (Fsp3) is 0.200. The predicted molar refractivity (Wildman–Crippen MR) is 49.2 cm³/mol. The zero-order chi connectivity index (χ0) is 9.30. The molecule has 0 aliphatic carbocycles.